The summed E-state index contributed by atoms with van der Waals surface area (Å²) in [4.78, 5) is 6.42. The number of hydrogen-bond donors (Lipinski definition) is 3. The Morgan fingerprint density at radius 1 is 1.11 bits per heavy atom. The van der Waals surface area contributed by atoms with Crippen molar-refractivity contribution < 1.29 is 4.74 Å². The summed E-state index contributed by atoms with van der Waals surface area (Å²) in [5.41, 5.74) is 6.40. The lowest BCUT2D eigenvalue weighted by molar-refractivity contribution is 0.227. The Morgan fingerprint density at radius 2 is 1.86 bits per heavy atom. The van der Waals surface area contributed by atoms with Crippen LogP contribution in [0.25, 0.3) is 16.6 Å². The molecule has 3 N–H and O–H groups in total. The molecular weight excluding hydrogens is 495 g/mol. The molecule has 7 nitrogen and oxygen atoms in total. The summed E-state index contributed by atoms with van der Waals surface area (Å²) >= 11 is 12.6. The van der Waals surface area contributed by atoms with E-state index in [4.69, 9.17) is 27.9 Å². The van der Waals surface area contributed by atoms with Gasteiger partial charge in [0.1, 0.15) is 17.5 Å². The smallest absolute Gasteiger partial charge is 0.124 e. The molecule has 0 bridgehead atoms. The van der Waals surface area contributed by atoms with E-state index in [-0.39, 0.29) is 6.10 Å². The molecule has 186 valence electrons. The minimum atomic E-state index is -0.362. The number of anilines is 2. The quantitative estimate of drug-likeness (QED) is 0.268. The van der Waals surface area contributed by atoms with Crippen LogP contribution in [0.5, 0.6) is 5.75 Å². The van der Waals surface area contributed by atoms with Crippen LogP contribution < -0.4 is 20.3 Å². The van der Waals surface area contributed by atoms with E-state index in [1.54, 1.807) is 12.4 Å². The minimum Gasteiger partial charge on any atom is -0.486 e. The molecule has 1 unspecified atom stereocenters. The van der Waals surface area contributed by atoms with Crippen molar-refractivity contribution >= 4 is 51.2 Å². The number of hydrogen-bond acceptors (Lipinski definition) is 6. The molecule has 1 saturated heterocycles. The fourth-order valence-electron chi connectivity index (χ4n) is 4.50. The van der Waals surface area contributed by atoms with Crippen LogP contribution in [-0.4, -0.2) is 41.4 Å². The van der Waals surface area contributed by atoms with Crippen molar-refractivity contribution in [2.24, 2.45) is 0 Å². The number of H-pyrrole nitrogens is 1. The number of fused-ring (bicyclic) bond motifs is 1. The molecule has 3 heterocycles. The fraction of sp³-hybridized carbons (Fsp3) is 0.259. The lowest BCUT2D eigenvalue weighted by Crippen LogP contribution is -2.43. The van der Waals surface area contributed by atoms with Crippen LogP contribution in [0.4, 0.5) is 11.4 Å². The number of nitrogens with zero attached hydrogens (tertiary/aromatic N) is 3. The number of nitrogens with one attached hydrogen (secondary N) is 3. The standard InChI is InChI=1S/C27H28Cl2N6O/c1-16-12-19(35-10-8-30-9-11-35)4-6-24(16)32-17(2)27-21-13-20(5-7-25(21)33-34-27)36-18(3)26-22(28)14-31-15-23(26)29/h4-7,12-15,18,30,32H,2,8-11H2,1,3H3,(H,33,34). The summed E-state index contributed by atoms with van der Waals surface area (Å²) in [5.74, 6) is 0.672. The highest BCUT2D eigenvalue weighted by Gasteiger charge is 2.18. The average Bonchev–Trinajstić information content (AvgIpc) is 3.29. The van der Waals surface area contributed by atoms with Gasteiger partial charge in [-0.15, -0.1) is 0 Å². The zero-order valence-corrected chi connectivity index (χ0v) is 21.7. The van der Waals surface area contributed by atoms with Gasteiger partial charge >= 0.3 is 0 Å². The molecule has 4 aromatic rings. The molecule has 2 aromatic heterocycles. The normalized spacial score (nSPS) is 14.6. The molecule has 1 aliphatic heterocycles. The van der Waals surface area contributed by atoms with Crippen LogP contribution >= 0.6 is 23.2 Å². The van der Waals surface area contributed by atoms with Crippen molar-refractivity contribution in [3.63, 3.8) is 0 Å². The Hall–Kier alpha value is -3.26. The first-order valence-corrected chi connectivity index (χ1v) is 12.6. The number of benzene rings is 2. The maximum atomic E-state index is 6.31. The van der Waals surface area contributed by atoms with E-state index in [1.165, 1.54) is 5.69 Å². The Kier molecular flexibility index (Phi) is 7.05. The highest BCUT2D eigenvalue weighted by molar-refractivity contribution is 6.35. The van der Waals surface area contributed by atoms with E-state index in [0.717, 1.165) is 54.0 Å². The molecule has 36 heavy (non-hydrogen) atoms. The first kappa shape index (κ1) is 24.4. The second-order valence-corrected chi connectivity index (χ2v) is 9.71. The van der Waals surface area contributed by atoms with Crippen molar-refractivity contribution in [3.05, 3.63) is 82.2 Å². The number of pyridine rings is 1. The van der Waals surface area contributed by atoms with Crippen molar-refractivity contribution in [2.45, 2.75) is 20.0 Å². The summed E-state index contributed by atoms with van der Waals surface area (Å²) in [5, 5.41) is 16.3. The van der Waals surface area contributed by atoms with Gasteiger partial charge in [-0.1, -0.05) is 29.8 Å². The SMILES string of the molecule is C=C(Nc1ccc(N2CCNCC2)cc1C)c1n[nH]c2ccc(OC(C)c3c(Cl)cncc3Cl)cc12. The van der Waals surface area contributed by atoms with Gasteiger partial charge in [0.25, 0.3) is 0 Å². The maximum absolute atomic E-state index is 6.31. The third kappa shape index (κ3) is 5.00. The predicted octanol–water partition coefficient (Wildman–Crippen LogP) is 6.21. The van der Waals surface area contributed by atoms with E-state index < -0.39 is 0 Å². The largest absolute Gasteiger partial charge is 0.486 e. The Balaban J connectivity index is 1.35. The molecule has 9 heteroatoms. The van der Waals surface area contributed by atoms with Crippen LogP contribution in [0, 0.1) is 6.92 Å². The van der Waals surface area contributed by atoms with Crippen LogP contribution in [0.1, 0.15) is 29.8 Å². The van der Waals surface area contributed by atoms with Gasteiger partial charge in [-0.25, -0.2) is 0 Å². The van der Waals surface area contributed by atoms with Crippen LogP contribution in [-0.2, 0) is 0 Å². The monoisotopic (exact) mass is 522 g/mol. The number of aromatic amines is 1. The number of aromatic nitrogens is 3. The highest BCUT2D eigenvalue weighted by atomic mass is 35.5. The van der Waals surface area contributed by atoms with E-state index in [2.05, 4.69) is 62.4 Å². The third-order valence-electron chi connectivity index (χ3n) is 6.41. The van der Waals surface area contributed by atoms with Crippen LogP contribution in [0.2, 0.25) is 10.0 Å². The Morgan fingerprint density at radius 3 is 2.58 bits per heavy atom. The Labute approximate surface area is 220 Å². The summed E-state index contributed by atoms with van der Waals surface area (Å²) in [6.07, 6.45) is 2.76. The Bertz CT molecular complexity index is 1390. The zero-order chi connectivity index (χ0) is 25.2. The van der Waals surface area contributed by atoms with Gasteiger partial charge in [-0.3, -0.25) is 10.1 Å². The third-order valence-corrected chi connectivity index (χ3v) is 7.01. The second-order valence-electron chi connectivity index (χ2n) is 8.90. The molecule has 1 fully saturated rings. The van der Waals surface area contributed by atoms with Crippen molar-refractivity contribution in [3.8, 4) is 5.75 Å². The molecule has 0 radical (unpaired) electrons. The van der Waals surface area contributed by atoms with E-state index in [9.17, 15) is 0 Å². The number of rotatable bonds is 7. The number of aryl methyl sites for hydroxylation is 1. The van der Waals surface area contributed by atoms with E-state index in [1.807, 2.05) is 25.1 Å². The topological polar surface area (TPSA) is 78.1 Å². The van der Waals surface area contributed by atoms with Gasteiger partial charge in [0.2, 0.25) is 0 Å². The molecule has 1 atom stereocenters. The first-order chi connectivity index (χ1) is 17.4. The maximum Gasteiger partial charge on any atom is 0.124 e. The van der Waals surface area contributed by atoms with Gasteiger partial charge < -0.3 is 20.3 Å². The van der Waals surface area contributed by atoms with Gasteiger partial charge in [0, 0.05) is 60.9 Å². The van der Waals surface area contributed by atoms with Crippen molar-refractivity contribution in [1.82, 2.24) is 20.5 Å². The highest BCUT2D eigenvalue weighted by Crippen LogP contribution is 2.34. The molecular formula is C27H28Cl2N6O. The van der Waals surface area contributed by atoms with E-state index in [0.29, 0.717) is 27.1 Å². The fourth-order valence-corrected chi connectivity index (χ4v) is 5.17. The number of piperazine rings is 1. The van der Waals surface area contributed by atoms with Gasteiger partial charge in [0.05, 0.1) is 21.3 Å². The zero-order valence-electron chi connectivity index (χ0n) is 20.2. The van der Waals surface area contributed by atoms with Crippen LogP contribution in [0.15, 0.2) is 55.4 Å². The molecule has 1 aliphatic rings. The number of halogens is 2. The molecule has 0 aliphatic carbocycles. The minimum absolute atomic E-state index is 0.362. The summed E-state index contributed by atoms with van der Waals surface area (Å²) in [6.45, 7) is 12.3. The van der Waals surface area contributed by atoms with Crippen molar-refractivity contribution in [1.29, 1.82) is 0 Å². The first-order valence-electron chi connectivity index (χ1n) is 11.9. The average molecular weight is 523 g/mol. The lowest BCUT2D eigenvalue weighted by Gasteiger charge is -2.30. The van der Waals surface area contributed by atoms with Crippen molar-refractivity contribution in [2.75, 3.05) is 36.4 Å². The predicted molar refractivity (Wildman–Crippen MR) is 148 cm³/mol. The van der Waals surface area contributed by atoms with Gasteiger partial charge in [-0.2, -0.15) is 5.10 Å². The number of ether oxygens (including phenoxy) is 1. The van der Waals surface area contributed by atoms with Crippen LogP contribution in [0.3, 0.4) is 0 Å². The molecule has 0 amide bonds. The van der Waals surface area contributed by atoms with Gasteiger partial charge in [0.15, 0.2) is 0 Å². The second kappa shape index (κ2) is 10.4. The molecule has 0 saturated carbocycles. The summed E-state index contributed by atoms with van der Waals surface area (Å²) < 4.78 is 6.18. The lowest BCUT2D eigenvalue weighted by atomic mass is 10.1. The molecule has 2 aromatic carbocycles. The van der Waals surface area contributed by atoms with E-state index >= 15 is 0 Å². The molecule has 0 spiro atoms. The van der Waals surface area contributed by atoms with Gasteiger partial charge in [-0.05, 0) is 55.8 Å². The molecule has 5 rings (SSSR count). The summed E-state index contributed by atoms with van der Waals surface area (Å²) in [7, 11) is 0. The summed E-state index contributed by atoms with van der Waals surface area (Å²) in [6, 6.07) is 12.2.